The molecular formula is C27H32ClNO6S. The monoisotopic (exact) mass is 533 g/mol. The number of halogens is 1. The van der Waals surface area contributed by atoms with Crippen LogP contribution in [0.25, 0.3) is 0 Å². The lowest BCUT2D eigenvalue weighted by molar-refractivity contribution is -0.160. The van der Waals surface area contributed by atoms with Crippen LogP contribution >= 0.6 is 11.6 Å². The molecule has 9 heteroatoms. The van der Waals surface area contributed by atoms with E-state index in [0.29, 0.717) is 35.8 Å². The van der Waals surface area contributed by atoms with Crippen molar-refractivity contribution in [1.82, 2.24) is 4.90 Å². The number of Topliss-reactive ketones (excluding diaryl/α,β-unsaturated/α-hetero) is 1. The molecule has 194 valence electrons. The van der Waals surface area contributed by atoms with E-state index in [9.17, 15) is 18.6 Å². The van der Waals surface area contributed by atoms with Crippen molar-refractivity contribution in [2.45, 2.75) is 63.3 Å². The number of β-lactam (4-membered cyclic amide) rings is 1. The highest BCUT2D eigenvalue weighted by molar-refractivity contribution is 7.85. The van der Waals surface area contributed by atoms with Crippen molar-refractivity contribution in [3.63, 3.8) is 0 Å². The van der Waals surface area contributed by atoms with Crippen molar-refractivity contribution in [1.29, 1.82) is 0 Å². The van der Waals surface area contributed by atoms with E-state index in [2.05, 4.69) is 0 Å². The van der Waals surface area contributed by atoms with Gasteiger partial charge in [0.2, 0.25) is 5.91 Å². The number of ether oxygens (including phenoxy) is 2. The Hall–Kier alpha value is -2.55. The number of carbonyl (C=O) groups is 3. The molecule has 0 bridgehead atoms. The minimum Gasteiger partial charge on any atom is -0.462 e. The Kier molecular flexibility index (Phi) is 10.6. The van der Waals surface area contributed by atoms with E-state index < -0.39 is 22.4 Å². The molecule has 1 heterocycles. The molecule has 1 aliphatic heterocycles. The molecular weight excluding hydrogens is 502 g/mol. The van der Waals surface area contributed by atoms with Gasteiger partial charge >= 0.3 is 5.97 Å². The Morgan fingerprint density at radius 1 is 1.06 bits per heavy atom. The number of rotatable bonds is 14. The molecule has 0 radical (unpaired) electrons. The summed E-state index contributed by atoms with van der Waals surface area (Å²) in [5, 5.41) is 0.212. The van der Waals surface area contributed by atoms with E-state index in [1.165, 1.54) is 0 Å². The number of carbonyl (C=O) groups excluding carboxylic acids is 3. The Labute approximate surface area is 219 Å². The lowest BCUT2D eigenvalue weighted by atomic mass is 10.1. The zero-order valence-corrected chi connectivity index (χ0v) is 22.2. The van der Waals surface area contributed by atoms with Gasteiger partial charge in [-0.05, 0) is 68.7 Å². The molecule has 3 unspecified atom stereocenters. The van der Waals surface area contributed by atoms with Crippen molar-refractivity contribution in [3.05, 3.63) is 70.2 Å². The molecule has 36 heavy (non-hydrogen) atoms. The van der Waals surface area contributed by atoms with Crippen LogP contribution in [0.1, 0.15) is 72.2 Å². The number of hydrogen-bond acceptors (Lipinski definition) is 6. The van der Waals surface area contributed by atoms with Crippen LogP contribution in [0.15, 0.2) is 48.5 Å². The first kappa shape index (κ1) is 28.0. The van der Waals surface area contributed by atoms with Crippen LogP contribution in [-0.2, 0) is 30.8 Å². The standard InChI is InChI=1S/C27H32ClNO6S/c1-3-34-27(32)22-10-8-20(9-11-22)18-36(33)26-17-25(31)29(26)19(2)35-16-6-4-5-7-24(30)21-12-14-23(28)15-13-21/h8-15,19,26H,3-7,16-18H2,1-2H3. The summed E-state index contributed by atoms with van der Waals surface area (Å²) in [5.74, 6) is -0.0912. The molecule has 1 amide bonds. The number of benzene rings is 2. The van der Waals surface area contributed by atoms with E-state index in [-0.39, 0.29) is 29.8 Å². The molecule has 2 aromatic rings. The highest BCUT2D eigenvalue weighted by Gasteiger charge is 2.43. The van der Waals surface area contributed by atoms with Crippen molar-refractivity contribution in [2.24, 2.45) is 0 Å². The third-order valence-corrected chi connectivity index (χ3v) is 7.86. The Morgan fingerprint density at radius 2 is 1.72 bits per heavy atom. The van der Waals surface area contributed by atoms with Crippen LogP contribution < -0.4 is 0 Å². The number of amides is 1. The Bertz CT molecular complexity index is 1070. The minimum absolute atomic E-state index is 0.0768. The van der Waals surface area contributed by atoms with Gasteiger partial charge in [-0.15, -0.1) is 0 Å². The van der Waals surface area contributed by atoms with Crippen LogP contribution in [0.5, 0.6) is 0 Å². The van der Waals surface area contributed by atoms with Crippen LogP contribution in [0.2, 0.25) is 5.02 Å². The van der Waals surface area contributed by atoms with Crippen molar-refractivity contribution in [2.75, 3.05) is 13.2 Å². The van der Waals surface area contributed by atoms with Gasteiger partial charge in [0, 0.05) is 34.4 Å². The summed E-state index contributed by atoms with van der Waals surface area (Å²) in [5.41, 5.74) is 1.93. The van der Waals surface area contributed by atoms with E-state index >= 15 is 0 Å². The first-order valence-corrected chi connectivity index (χ1v) is 13.9. The van der Waals surface area contributed by atoms with E-state index in [0.717, 1.165) is 24.8 Å². The molecule has 0 aromatic heterocycles. The first-order valence-electron chi connectivity index (χ1n) is 12.1. The molecule has 1 saturated heterocycles. The number of esters is 1. The van der Waals surface area contributed by atoms with Crippen molar-refractivity contribution in [3.8, 4) is 0 Å². The number of likely N-dealkylation sites (tertiary alicyclic amines) is 1. The molecule has 0 aliphatic carbocycles. The fraction of sp³-hybridized carbons (Fsp3) is 0.444. The van der Waals surface area contributed by atoms with Crippen LogP contribution in [0, 0.1) is 0 Å². The largest absolute Gasteiger partial charge is 0.462 e. The lowest BCUT2D eigenvalue weighted by Gasteiger charge is -2.43. The SMILES string of the molecule is CCOC(=O)c1ccc(CS(=O)C2CC(=O)N2C(C)OCCCCCC(=O)c2ccc(Cl)cc2)cc1. The maximum Gasteiger partial charge on any atom is 0.338 e. The van der Waals surface area contributed by atoms with E-state index in [1.54, 1.807) is 67.3 Å². The van der Waals surface area contributed by atoms with Crippen LogP contribution in [0.3, 0.4) is 0 Å². The van der Waals surface area contributed by atoms with Gasteiger partial charge in [0.05, 0.1) is 24.3 Å². The quantitative estimate of drug-likeness (QED) is 0.145. The lowest BCUT2D eigenvalue weighted by Crippen LogP contribution is -2.59. The predicted octanol–water partition coefficient (Wildman–Crippen LogP) is 5.13. The zero-order valence-electron chi connectivity index (χ0n) is 20.6. The van der Waals surface area contributed by atoms with Crippen LogP contribution in [-0.4, -0.2) is 51.6 Å². The summed E-state index contributed by atoms with van der Waals surface area (Å²) in [6, 6.07) is 13.7. The number of hydrogen-bond donors (Lipinski definition) is 0. The van der Waals surface area contributed by atoms with Gasteiger partial charge in [-0.1, -0.05) is 30.2 Å². The third-order valence-electron chi connectivity index (χ3n) is 5.99. The van der Waals surface area contributed by atoms with Gasteiger partial charge in [-0.25, -0.2) is 4.79 Å². The summed E-state index contributed by atoms with van der Waals surface area (Å²) in [6.45, 7) is 4.30. The summed E-state index contributed by atoms with van der Waals surface area (Å²) in [4.78, 5) is 37.7. The topological polar surface area (TPSA) is 90.0 Å². The maximum atomic E-state index is 12.9. The second-order valence-corrected chi connectivity index (χ2v) is 10.6. The first-order chi connectivity index (χ1) is 17.3. The average Bonchev–Trinajstić information content (AvgIpc) is 2.85. The number of ketones is 1. The number of nitrogens with zero attached hydrogens (tertiary/aromatic N) is 1. The second-order valence-electron chi connectivity index (χ2n) is 8.61. The number of unbranched alkanes of at least 4 members (excludes halogenated alkanes) is 2. The van der Waals surface area contributed by atoms with Gasteiger partial charge < -0.3 is 14.4 Å². The highest BCUT2D eigenvalue weighted by atomic mass is 35.5. The second kappa shape index (κ2) is 13.7. The van der Waals surface area contributed by atoms with Crippen molar-refractivity contribution >= 4 is 40.1 Å². The fourth-order valence-corrected chi connectivity index (χ4v) is 5.66. The molecule has 1 aliphatic rings. The smallest absolute Gasteiger partial charge is 0.338 e. The fourth-order valence-electron chi connectivity index (χ4n) is 3.95. The summed E-state index contributed by atoms with van der Waals surface area (Å²) < 4.78 is 23.7. The summed E-state index contributed by atoms with van der Waals surface area (Å²) >= 11 is 5.85. The summed E-state index contributed by atoms with van der Waals surface area (Å²) in [6.07, 6.45) is 2.57. The highest BCUT2D eigenvalue weighted by Crippen LogP contribution is 2.27. The van der Waals surface area contributed by atoms with E-state index in [4.69, 9.17) is 21.1 Å². The Balaban J connectivity index is 1.37. The molecule has 3 atom stereocenters. The van der Waals surface area contributed by atoms with E-state index in [1.807, 2.05) is 0 Å². The van der Waals surface area contributed by atoms with Gasteiger partial charge in [0.1, 0.15) is 11.6 Å². The van der Waals surface area contributed by atoms with Gasteiger partial charge in [0.25, 0.3) is 0 Å². The van der Waals surface area contributed by atoms with Gasteiger partial charge in [-0.3, -0.25) is 13.8 Å². The Morgan fingerprint density at radius 3 is 2.36 bits per heavy atom. The summed E-state index contributed by atoms with van der Waals surface area (Å²) in [7, 11) is -1.29. The maximum absolute atomic E-state index is 12.9. The van der Waals surface area contributed by atoms with Crippen LogP contribution in [0.4, 0.5) is 0 Å². The molecule has 0 saturated carbocycles. The molecule has 1 fully saturated rings. The minimum atomic E-state index is -1.29. The molecule has 2 aromatic carbocycles. The molecule has 7 nitrogen and oxygen atoms in total. The molecule has 0 N–H and O–H groups in total. The van der Waals surface area contributed by atoms with Gasteiger partial charge in [0.15, 0.2) is 5.78 Å². The predicted molar refractivity (Wildman–Crippen MR) is 139 cm³/mol. The van der Waals surface area contributed by atoms with Crippen molar-refractivity contribution < 1.29 is 28.1 Å². The molecule has 3 rings (SSSR count). The zero-order chi connectivity index (χ0) is 26.1. The molecule has 0 spiro atoms. The normalized spacial score (nSPS) is 16.8. The average molecular weight is 534 g/mol. The van der Waals surface area contributed by atoms with Gasteiger partial charge in [-0.2, -0.15) is 0 Å². The third kappa shape index (κ3) is 7.72.